The van der Waals surface area contributed by atoms with Crippen LogP contribution in [-0.2, 0) is 0 Å². The Kier molecular flexibility index (Phi) is 6.69. The van der Waals surface area contributed by atoms with Crippen LogP contribution in [0.1, 0.15) is 46.7 Å². The van der Waals surface area contributed by atoms with Gasteiger partial charge in [0.15, 0.2) is 0 Å². The fourth-order valence-corrected chi connectivity index (χ4v) is 2.69. The molecule has 134 valence electrons. The van der Waals surface area contributed by atoms with Gasteiger partial charge < -0.3 is 9.88 Å². The van der Waals surface area contributed by atoms with E-state index in [4.69, 9.17) is 0 Å². The summed E-state index contributed by atoms with van der Waals surface area (Å²) in [6.07, 6.45) is 10.4. The number of allylic oxidation sites excluding steroid dienone is 1. The zero-order valence-corrected chi connectivity index (χ0v) is 15.7. The highest BCUT2D eigenvalue weighted by Gasteiger charge is 2.13. The van der Waals surface area contributed by atoms with Crippen molar-refractivity contribution in [1.82, 2.24) is 19.9 Å². The van der Waals surface area contributed by atoms with Crippen molar-refractivity contribution in [2.75, 3.05) is 11.4 Å². The molecule has 0 atom stereocenters. The number of anilines is 1. The molecule has 5 heteroatoms. The van der Waals surface area contributed by atoms with Crippen molar-refractivity contribution in [2.45, 2.75) is 41.0 Å². The monoisotopic (exact) mass is 339 g/mol. The molecule has 5 nitrogen and oxygen atoms in total. The standard InChI is InChI=1S/C18H21N5.C2H6.H2/c1-4-8-23(11-14(3)15-6-5-7-19-10-15)18-16-13(2)9-20-17(16)21-12-22-18;1-2;/h5-7,9-12H,4,8H2,1-3H3,(H,20,21,22);1-2H3;1H/b14-11+;;. The molecule has 3 aromatic rings. The minimum Gasteiger partial charge on any atom is -0.346 e. The van der Waals surface area contributed by atoms with Gasteiger partial charge in [-0.1, -0.05) is 26.8 Å². The molecule has 25 heavy (non-hydrogen) atoms. The molecule has 0 saturated heterocycles. The van der Waals surface area contributed by atoms with Gasteiger partial charge in [-0.15, -0.1) is 0 Å². The summed E-state index contributed by atoms with van der Waals surface area (Å²) in [6.45, 7) is 11.2. The van der Waals surface area contributed by atoms with E-state index in [1.54, 1.807) is 12.5 Å². The molecule has 0 amide bonds. The number of pyridine rings is 1. The Balaban J connectivity index is 0.00000109. The van der Waals surface area contributed by atoms with Gasteiger partial charge in [0.05, 0.1) is 5.39 Å². The van der Waals surface area contributed by atoms with Gasteiger partial charge in [0, 0.05) is 32.8 Å². The number of aryl methyl sites for hydroxylation is 1. The lowest BCUT2D eigenvalue weighted by atomic mass is 10.1. The van der Waals surface area contributed by atoms with Crippen LogP contribution in [0.5, 0.6) is 0 Å². The predicted octanol–water partition coefficient (Wildman–Crippen LogP) is 5.21. The third kappa shape index (κ3) is 4.24. The number of aromatic amines is 1. The minimum atomic E-state index is 0. The molecule has 0 fully saturated rings. The minimum absolute atomic E-state index is 0. The Hall–Kier alpha value is -2.69. The first-order valence-electron chi connectivity index (χ1n) is 8.85. The fourth-order valence-electron chi connectivity index (χ4n) is 2.69. The molecule has 0 radical (unpaired) electrons. The van der Waals surface area contributed by atoms with E-state index in [2.05, 4.69) is 57.9 Å². The molecule has 0 aliphatic heterocycles. The molecule has 0 spiro atoms. The highest BCUT2D eigenvalue weighted by atomic mass is 15.2. The van der Waals surface area contributed by atoms with Crippen LogP contribution < -0.4 is 4.90 Å². The van der Waals surface area contributed by atoms with E-state index in [-0.39, 0.29) is 1.43 Å². The zero-order chi connectivity index (χ0) is 18.2. The third-order valence-corrected chi connectivity index (χ3v) is 3.85. The summed E-state index contributed by atoms with van der Waals surface area (Å²) in [6, 6.07) is 4.02. The quantitative estimate of drug-likeness (QED) is 0.693. The molecular formula is C20H29N5. The van der Waals surface area contributed by atoms with Crippen LogP contribution in [0, 0.1) is 6.92 Å². The molecule has 3 heterocycles. The number of H-pyrrole nitrogens is 1. The smallest absolute Gasteiger partial charge is 0.145 e. The van der Waals surface area contributed by atoms with Crippen molar-refractivity contribution < 1.29 is 1.43 Å². The van der Waals surface area contributed by atoms with E-state index in [1.165, 1.54) is 0 Å². The molecular weight excluding hydrogens is 310 g/mol. The maximum absolute atomic E-state index is 4.54. The average Bonchev–Trinajstić information content (AvgIpc) is 3.05. The number of aromatic nitrogens is 4. The fraction of sp³-hybridized carbons (Fsp3) is 0.350. The van der Waals surface area contributed by atoms with Crippen LogP contribution in [0.2, 0.25) is 0 Å². The second-order valence-corrected chi connectivity index (χ2v) is 5.64. The van der Waals surface area contributed by atoms with Gasteiger partial charge in [-0.25, -0.2) is 9.97 Å². The lowest BCUT2D eigenvalue weighted by Crippen LogP contribution is -2.19. The summed E-state index contributed by atoms with van der Waals surface area (Å²) >= 11 is 0. The maximum Gasteiger partial charge on any atom is 0.145 e. The van der Waals surface area contributed by atoms with Gasteiger partial charge >= 0.3 is 0 Å². The maximum atomic E-state index is 4.54. The number of hydrogen-bond donors (Lipinski definition) is 1. The van der Waals surface area contributed by atoms with E-state index in [0.717, 1.165) is 46.5 Å². The Labute approximate surface area is 151 Å². The van der Waals surface area contributed by atoms with Crippen LogP contribution in [0.3, 0.4) is 0 Å². The van der Waals surface area contributed by atoms with Crippen LogP contribution in [0.15, 0.2) is 43.3 Å². The Morgan fingerprint density at radius 3 is 2.80 bits per heavy atom. The largest absolute Gasteiger partial charge is 0.346 e. The molecule has 1 N–H and O–H groups in total. The van der Waals surface area contributed by atoms with Crippen molar-refractivity contribution in [3.05, 3.63) is 54.4 Å². The molecule has 0 saturated carbocycles. The Morgan fingerprint density at radius 2 is 2.12 bits per heavy atom. The van der Waals surface area contributed by atoms with Crippen LogP contribution >= 0.6 is 0 Å². The zero-order valence-electron chi connectivity index (χ0n) is 15.7. The first-order valence-corrected chi connectivity index (χ1v) is 8.85. The van der Waals surface area contributed by atoms with E-state index in [1.807, 2.05) is 32.3 Å². The summed E-state index contributed by atoms with van der Waals surface area (Å²) < 4.78 is 0. The summed E-state index contributed by atoms with van der Waals surface area (Å²) in [4.78, 5) is 18.5. The number of hydrogen-bond acceptors (Lipinski definition) is 4. The molecule has 0 unspecified atom stereocenters. The van der Waals surface area contributed by atoms with E-state index < -0.39 is 0 Å². The first kappa shape index (κ1) is 18.6. The topological polar surface area (TPSA) is 57.7 Å². The molecule has 0 aliphatic carbocycles. The summed E-state index contributed by atoms with van der Waals surface area (Å²) in [5.74, 6) is 0.943. The Morgan fingerprint density at radius 1 is 1.32 bits per heavy atom. The molecule has 3 rings (SSSR count). The van der Waals surface area contributed by atoms with Crippen LogP contribution in [0.25, 0.3) is 16.6 Å². The van der Waals surface area contributed by atoms with Gasteiger partial charge in [-0.05, 0) is 43.0 Å². The predicted molar refractivity (Wildman–Crippen MR) is 108 cm³/mol. The van der Waals surface area contributed by atoms with E-state index >= 15 is 0 Å². The number of fused-ring (bicyclic) bond motifs is 1. The number of rotatable bonds is 5. The van der Waals surface area contributed by atoms with Crippen LogP contribution in [0.4, 0.5) is 5.82 Å². The van der Waals surface area contributed by atoms with Gasteiger partial charge in [-0.3, -0.25) is 4.98 Å². The van der Waals surface area contributed by atoms with E-state index in [0.29, 0.717) is 0 Å². The lowest BCUT2D eigenvalue weighted by molar-refractivity contribution is 0.867. The van der Waals surface area contributed by atoms with Crippen molar-refractivity contribution >= 4 is 22.4 Å². The third-order valence-electron chi connectivity index (χ3n) is 3.85. The van der Waals surface area contributed by atoms with Gasteiger partial charge in [0.2, 0.25) is 0 Å². The van der Waals surface area contributed by atoms with Gasteiger partial charge in [0.1, 0.15) is 17.8 Å². The highest BCUT2D eigenvalue weighted by molar-refractivity contribution is 5.91. The SMILES string of the molecule is CC.CCCN(/C=C(\C)c1cccnc1)c1ncnc2[nH]cc(C)c12.[HH]. The van der Waals surface area contributed by atoms with Crippen molar-refractivity contribution in [3.8, 4) is 0 Å². The average molecular weight is 339 g/mol. The molecule has 0 aliphatic rings. The van der Waals surface area contributed by atoms with Crippen LogP contribution in [-0.4, -0.2) is 26.5 Å². The summed E-state index contributed by atoms with van der Waals surface area (Å²) in [7, 11) is 0. The van der Waals surface area contributed by atoms with E-state index in [9.17, 15) is 0 Å². The highest BCUT2D eigenvalue weighted by Crippen LogP contribution is 2.27. The summed E-state index contributed by atoms with van der Waals surface area (Å²) in [5.41, 5.74) is 4.31. The lowest BCUT2D eigenvalue weighted by Gasteiger charge is -2.21. The first-order chi connectivity index (χ1) is 12.2. The molecule has 0 aromatic carbocycles. The van der Waals surface area contributed by atoms with Crippen molar-refractivity contribution in [3.63, 3.8) is 0 Å². The number of nitrogens with zero attached hydrogens (tertiary/aromatic N) is 4. The van der Waals surface area contributed by atoms with Gasteiger partial charge in [0.25, 0.3) is 0 Å². The summed E-state index contributed by atoms with van der Waals surface area (Å²) in [5, 5.41) is 1.08. The normalized spacial score (nSPS) is 11.2. The Bertz CT molecular complexity index is 827. The van der Waals surface area contributed by atoms with Crippen molar-refractivity contribution in [1.29, 1.82) is 0 Å². The second-order valence-electron chi connectivity index (χ2n) is 5.64. The van der Waals surface area contributed by atoms with Gasteiger partial charge in [-0.2, -0.15) is 0 Å². The van der Waals surface area contributed by atoms with Crippen molar-refractivity contribution in [2.24, 2.45) is 0 Å². The molecule has 3 aromatic heterocycles. The molecule has 0 bridgehead atoms. The second kappa shape index (κ2) is 8.97. The number of nitrogens with one attached hydrogen (secondary N) is 1.